The van der Waals surface area contributed by atoms with Gasteiger partial charge in [0.2, 0.25) is 5.91 Å². The molecule has 19 heavy (non-hydrogen) atoms. The van der Waals surface area contributed by atoms with Crippen molar-refractivity contribution in [1.82, 2.24) is 10.6 Å². The predicted octanol–water partition coefficient (Wildman–Crippen LogP) is 2.77. The normalized spacial score (nSPS) is 14.0. The van der Waals surface area contributed by atoms with Crippen LogP contribution in [0, 0.1) is 5.92 Å². The van der Waals surface area contributed by atoms with Crippen LogP contribution in [0.4, 0.5) is 4.79 Å². The zero-order chi connectivity index (χ0) is 13.8. The van der Waals surface area contributed by atoms with Gasteiger partial charge in [-0.1, -0.05) is 29.3 Å². The highest BCUT2D eigenvalue weighted by Crippen LogP contribution is 2.28. The van der Waals surface area contributed by atoms with E-state index in [0.717, 1.165) is 18.4 Å². The van der Waals surface area contributed by atoms with Gasteiger partial charge in [0.15, 0.2) is 0 Å². The maximum Gasteiger partial charge on any atom is 0.321 e. The number of amides is 3. The van der Waals surface area contributed by atoms with Gasteiger partial charge in [-0.15, -0.1) is 0 Å². The molecule has 0 unspecified atom stereocenters. The summed E-state index contributed by atoms with van der Waals surface area (Å²) in [5, 5.41) is 6.08. The highest BCUT2D eigenvalue weighted by Gasteiger charge is 2.30. The van der Waals surface area contributed by atoms with E-state index in [2.05, 4.69) is 10.6 Å². The van der Waals surface area contributed by atoms with E-state index in [9.17, 15) is 9.59 Å². The Morgan fingerprint density at radius 1 is 1.26 bits per heavy atom. The molecule has 102 valence electrons. The lowest BCUT2D eigenvalue weighted by molar-refractivity contribution is -0.121. The van der Waals surface area contributed by atoms with Crippen LogP contribution in [-0.2, 0) is 11.2 Å². The molecule has 0 bridgehead atoms. The second-order valence-corrected chi connectivity index (χ2v) is 5.35. The van der Waals surface area contributed by atoms with Gasteiger partial charge in [0.25, 0.3) is 0 Å². The average Bonchev–Trinajstić information content (AvgIpc) is 3.16. The maximum absolute atomic E-state index is 11.4. The van der Waals surface area contributed by atoms with Crippen LogP contribution in [0.5, 0.6) is 0 Å². The van der Waals surface area contributed by atoms with Gasteiger partial charge in [-0.3, -0.25) is 10.1 Å². The molecule has 1 aromatic rings. The Morgan fingerprint density at radius 2 is 2.00 bits per heavy atom. The summed E-state index contributed by atoms with van der Waals surface area (Å²) < 4.78 is 0. The number of urea groups is 1. The van der Waals surface area contributed by atoms with Crippen molar-refractivity contribution in [2.24, 2.45) is 5.92 Å². The summed E-state index contributed by atoms with van der Waals surface area (Å²) in [5.74, 6) is -0.168. The number of carbonyl (C=O) groups is 2. The minimum Gasteiger partial charge on any atom is -0.337 e. The highest BCUT2D eigenvalue weighted by atomic mass is 35.5. The Morgan fingerprint density at radius 3 is 2.63 bits per heavy atom. The van der Waals surface area contributed by atoms with Crippen molar-refractivity contribution in [2.75, 3.05) is 6.54 Å². The number of halogens is 2. The summed E-state index contributed by atoms with van der Waals surface area (Å²) in [4.78, 5) is 22.8. The molecule has 0 radical (unpaired) electrons. The number of benzene rings is 1. The van der Waals surface area contributed by atoms with Gasteiger partial charge in [-0.05, 0) is 37.0 Å². The molecule has 1 aromatic carbocycles. The molecule has 4 nitrogen and oxygen atoms in total. The van der Waals surface area contributed by atoms with E-state index in [1.54, 1.807) is 12.1 Å². The molecular formula is C13H14Cl2N2O2. The maximum atomic E-state index is 11.4. The van der Waals surface area contributed by atoms with Crippen LogP contribution >= 0.6 is 23.2 Å². The number of rotatable bonds is 4. The van der Waals surface area contributed by atoms with Crippen molar-refractivity contribution in [1.29, 1.82) is 0 Å². The summed E-state index contributed by atoms with van der Waals surface area (Å²) in [5.41, 5.74) is 0.903. The van der Waals surface area contributed by atoms with Crippen LogP contribution in [0.15, 0.2) is 18.2 Å². The fourth-order valence-corrected chi connectivity index (χ4v) is 2.14. The molecule has 3 amide bonds. The summed E-state index contributed by atoms with van der Waals surface area (Å²) in [6, 6.07) is 4.77. The Kier molecular flexibility index (Phi) is 4.66. The van der Waals surface area contributed by atoms with Gasteiger partial charge >= 0.3 is 6.03 Å². The van der Waals surface area contributed by atoms with Crippen LogP contribution in [0.2, 0.25) is 10.0 Å². The minimum absolute atomic E-state index is 0.0245. The van der Waals surface area contributed by atoms with Crippen molar-refractivity contribution >= 4 is 35.1 Å². The highest BCUT2D eigenvalue weighted by molar-refractivity contribution is 6.35. The zero-order valence-corrected chi connectivity index (χ0v) is 11.7. The van der Waals surface area contributed by atoms with Crippen LogP contribution in [-0.4, -0.2) is 18.5 Å². The van der Waals surface area contributed by atoms with E-state index in [-0.39, 0.29) is 11.8 Å². The summed E-state index contributed by atoms with van der Waals surface area (Å²) in [6.07, 6.45) is 2.33. The van der Waals surface area contributed by atoms with E-state index in [1.165, 1.54) is 0 Å². The smallest absolute Gasteiger partial charge is 0.321 e. The summed E-state index contributed by atoms with van der Waals surface area (Å²) in [7, 11) is 0. The van der Waals surface area contributed by atoms with Crippen LogP contribution in [0.25, 0.3) is 0 Å². The molecule has 2 N–H and O–H groups in total. The lowest BCUT2D eigenvalue weighted by Gasteiger charge is -2.07. The third-order valence-corrected chi connectivity index (χ3v) is 3.47. The lowest BCUT2D eigenvalue weighted by atomic mass is 10.1. The number of nitrogens with one attached hydrogen (secondary N) is 2. The van der Waals surface area contributed by atoms with Crippen molar-refractivity contribution in [3.05, 3.63) is 33.8 Å². The second-order valence-electron chi connectivity index (χ2n) is 4.51. The number of hydrogen-bond donors (Lipinski definition) is 2. The van der Waals surface area contributed by atoms with E-state index >= 15 is 0 Å². The van der Waals surface area contributed by atoms with E-state index in [0.29, 0.717) is 23.0 Å². The minimum atomic E-state index is -0.456. The van der Waals surface area contributed by atoms with Crippen LogP contribution in [0.3, 0.4) is 0 Å². The zero-order valence-electron chi connectivity index (χ0n) is 10.2. The van der Waals surface area contributed by atoms with Crippen LogP contribution in [0.1, 0.15) is 18.4 Å². The first kappa shape index (κ1) is 14.2. The third-order valence-electron chi connectivity index (χ3n) is 2.88. The van der Waals surface area contributed by atoms with Gasteiger partial charge in [-0.25, -0.2) is 4.79 Å². The van der Waals surface area contributed by atoms with Crippen LogP contribution < -0.4 is 10.6 Å². The van der Waals surface area contributed by atoms with E-state index in [4.69, 9.17) is 23.2 Å². The van der Waals surface area contributed by atoms with Crippen molar-refractivity contribution in [3.8, 4) is 0 Å². The van der Waals surface area contributed by atoms with E-state index in [1.807, 2.05) is 6.07 Å². The molecule has 0 aromatic heterocycles. The topological polar surface area (TPSA) is 58.2 Å². The molecule has 0 heterocycles. The molecule has 0 atom stereocenters. The molecule has 1 aliphatic carbocycles. The predicted molar refractivity (Wildman–Crippen MR) is 74.4 cm³/mol. The SMILES string of the molecule is O=C(NCCc1ccc(Cl)cc1Cl)NC(=O)C1CC1. The van der Waals surface area contributed by atoms with Gasteiger partial charge in [0, 0.05) is 22.5 Å². The lowest BCUT2D eigenvalue weighted by Crippen LogP contribution is -2.40. The Hall–Kier alpha value is -1.26. The molecular weight excluding hydrogens is 287 g/mol. The monoisotopic (exact) mass is 300 g/mol. The molecule has 1 aliphatic rings. The fraction of sp³-hybridized carbons (Fsp3) is 0.385. The second kappa shape index (κ2) is 6.26. The van der Waals surface area contributed by atoms with Crippen molar-refractivity contribution in [2.45, 2.75) is 19.3 Å². The van der Waals surface area contributed by atoms with Crippen molar-refractivity contribution in [3.63, 3.8) is 0 Å². The molecule has 2 rings (SSSR count). The van der Waals surface area contributed by atoms with Gasteiger partial charge in [0.1, 0.15) is 0 Å². The Labute approximate surface area is 121 Å². The number of hydrogen-bond acceptors (Lipinski definition) is 2. The number of carbonyl (C=O) groups excluding carboxylic acids is 2. The molecule has 6 heteroatoms. The quantitative estimate of drug-likeness (QED) is 0.898. The number of imide groups is 1. The van der Waals surface area contributed by atoms with Gasteiger partial charge < -0.3 is 5.32 Å². The molecule has 0 spiro atoms. The molecule has 0 saturated heterocycles. The third kappa shape index (κ3) is 4.40. The molecule has 1 fully saturated rings. The average molecular weight is 301 g/mol. The fourth-order valence-electron chi connectivity index (χ4n) is 1.64. The van der Waals surface area contributed by atoms with Gasteiger partial charge in [0.05, 0.1) is 0 Å². The summed E-state index contributed by atoms with van der Waals surface area (Å²) in [6.45, 7) is 0.408. The largest absolute Gasteiger partial charge is 0.337 e. The standard InChI is InChI=1S/C13H14Cl2N2O2/c14-10-4-3-8(11(15)7-10)5-6-16-13(19)17-12(18)9-1-2-9/h3-4,7,9H,1-2,5-6H2,(H2,16,17,18,19). The van der Waals surface area contributed by atoms with Crippen molar-refractivity contribution < 1.29 is 9.59 Å². The molecule has 1 saturated carbocycles. The first-order valence-corrected chi connectivity index (χ1v) is 6.84. The first-order chi connectivity index (χ1) is 9.06. The Bertz CT molecular complexity index is 501. The van der Waals surface area contributed by atoms with E-state index < -0.39 is 6.03 Å². The summed E-state index contributed by atoms with van der Waals surface area (Å²) >= 11 is 11.8. The van der Waals surface area contributed by atoms with Gasteiger partial charge in [-0.2, -0.15) is 0 Å². The Balaban J connectivity index is 1.73. The molecule has 0 aliphatic heterocycles. The first-order valence-electron chi connectivity index (χ1n) is 6.09.